The van der Waals surface area contributed by atoms with E-state index >= 15 is 0 Å². The molecule has 0 aromatic carbocycles. The molecule has 1 rings (SSSR count). The van der Waals surface area contributed by atoms with Crippen molar-refractivity contribution in [2.24, 2.45) is 5.73 Å². The van der Waals surface area contributed by atoms with Crippen LogP contribution in [0.15, 0.2) is 0 Å². The summed E-state index contributed by atoms with van der Waals surface area (Å²) >= 11 is 1.37. The van der Waals surface area contributed by atoms with Gasteiger partial charge in [0.05, 0.1) is 0 Å². The second-order valence-electron chi connectivity index (χ2n) is 2.59. The van der Waals surface area contributed by atoms with Crippen LogP contribution in [0.3, 0.4) is 0 Å². The van der Waals surface area contributed by atoms with Gasteiger partial charge in [0, 0.05) is 44.2 Å². The Morgan fingerprint density at radius 3 is 2.77 bits per heavy atom. The topological polar surface area (TPSA) is 63.8 Å². The summed E-state index contributed by atoms with van der Waals surface area (Å²) in [5.74, 6) is 0.808. The number of anilines is 1. The van der Waals surface area contributed by atoms with Crippen molar-refractivity contribution in [1.82, 2.24) is 9.36 Å². The van der Waals surface area contributed by atoms with E-state index in [2.05, 4.69) is 14.7 Å². The van der Waals surface area contributed by atoms with Gasteiger partial charge >= 0.3 is 0 Å². The zero-order chi connectivity index (χ0) is 8.97. The van der Waals surface area contributed by atoms with Crippen LogP contribution in [-0.4, -0.2) is 15.9 Å². The number of hydrogen-bond donors (Lipinski definition) is 2. The van der Waals surface area contributed by atoms with Crippen molar-refractivity contribution >= 4 is 16.7 Å². The van der Waals surface area contributed by atoms with Gasteiger partial charge in [-0.3, -0.25) is 0 Å². The average molecular weight is 274 g/mol. The van der Waals surface area contributed by atoms with Crippen LogP contribution in [-0.2, 0) is 32.7 Å². The predicted octanol–water partition coefficient (Wildman–Crippen LogP) is 1.16. The van der Waals surface area contributed by atoms with E-state index in [0.717, 1.165) is 23.4 Å². The molecule has 0 spiro atoms. The van der Waals surface area contributed by atoms with Crippen LogP contribution in [0.2, 0.25) is 0 Å². The van der Waals surface area contributed by atoms with Crippen LogP contribution in [0.5, 0.6) is 0 Å². The summed E-state index contributed by atoms with van der Waals surface area (Å²) in [5, 5.41) is 3.99. The van der Waals surface area contributed by atoms with Gasteiger partial charge in [0.15, 0.2) is 5.13 Å². The molecule has 0 aliphatic rings. The molecule has 0 saturated heterocycles. The van der Waals surface area contributed by atoms with Crippen molar-refractivity contribution in [3.63, 3.8) is 0 Å². The van der Waals surface area contributed by atoms with E-state index < -0.39 is 0 Å². The number of aryl methyl sites for hydroxylation is 1. The molecule has 1 aromatic heterocycles. The summed E-state index contributed by atoms with van der Waals surface area (Å²) in [6.07, 6.45) is 0.874. The van der Waals surface area contributed by atoms with Crippen LogP contribution in [0.25, 0.3) is 0 Å². The Balaban J connectivity index is 0.00000144. The van der Waals surface area contributed by atoms with Gasteiger partial charge in [-0.2, -0.15) is 11.3 Å². The minimum Gasteiger partial charge on any atom is -0.507 e. The molecule has 0 unspecified atom stereocenters. The van der Waals surface area contributed by atoms with E-state index in [0.29, 0.717) is 6.54 Å². The molecular formula is C7H13N4SY-. The molecule has 0 saturated carbocycles. The zero-order valence-electron chi connectivity index (χ0n) is 7.87. The van der Waals surface area contributed by atoms with Gasteiger partial charge in [0.25, 0.3) is 0 Å². The molecule has 0 bridgehead atoms. The first-order chi connectivity index (χ1) is 5.72. The molecular weight excluding hydrogens is 261 g/mol. The Kier molecular flexibility index (Phi) is 7.04. The fourth-order valence-corrected chi connectivity index (χ4v) is 1.46. The van der Waals surface area contributed by atoms with Crippen LogP contribution in [0.1, 0.15) is 19.2 Å². The maximum Gasteiger partial charge on any atom is 0.173 e. The van der Waals surface area contributed by atoms with Gasteiger partial charge < -0.3 is 11.1 Å². The molecule has 0 aliphatic heterocycles. The number of hydrogen-bond acceptors (Lipinski definition) is 5. The Labute approximate surface area is 108 Å². The summed E-state index contributed by atoms with van der Waals surface area (Å²) < 4.78 is 4.05. The van der Waals surface area contributed by atoms with Gasteiger partial charge in [0.1, 0.15) is 5.82 Å². The summed E-state index contributed by atoms with van der Waals surface area (Å²) in [4.78, 5) is 4.17. The second-order valence-corrected chi connectivity index (χ2v) is 3.34. The first-order valence-corrected chi connectivity index (χ1v) is 4.59. The van der Waals surface area contributed by atoms with E-state index in [4.69, 9.17) is 5.73 Å². The Hall–Kier alpha value is 0.424. The number of rotatable bonds is 4. The van der Waals surface area contributed by atoms with Gasteiger partial charge in [-0.05, 0) is 13.5 Å². The number of nitrogens with zero attached hydrogens (tertiary/aromatic N) is 2. The minimum atomic E-state index is 0. The van der Waals surface area contributed by atoms with Gasteiger partial charge in [-0.15, -0.1) is 6.42 Å². The number of nitrogens with one attached hydrogen (secondary N) is 1. The van der Waals surface area contributed by atoms with Crippen LogP contribution < -0.4 is 11.1 Å². The molecule has 1 aromatic rings. The smallest absolute Gasteiger partial charge is 0.173 e. The molecule has 3 N–H and O–H groups in total. The first-order valence-electron chi connectivity index (χ1n) is 3.82. The van der Waals surface area contributed by atoms with Crippen LogP contribution in [0, 0.1) is 13.0 Å². The van der Waals surface area contributed by atoms with E-state index in [-0.39, 0.29) is 32.7 Å². The van der Waals surface area contributed by atoms with Crippen molar-refractivity contribution in [1.29, 1.82) is 0 Å². The van der Waals surface area contributed by atoms with Crippen molar-refractivity contribution < 1.29 is 32.7 Å². The fraction of sp³-hybridized carbons (Fsp3) is 0.571. The normalized spacial score (nSPS) is 9.85. The van der Waals surface area contributed by atoms with Crippen molar-refractivity contribution in [3.05, 3.63) is 11.9 Å². The molecule has 0 amide bonds. The fourth-order valence-electron chi connectivity index (χ4n) is 0.809. The largest absolute Gasteiger partial charge is 0.507 e. The summed E-state index contributed by atoms with van der Waals surface area (Å²) in [6.45, 7) is 4.54. The van der Waals surface area contributed by atoms with Crippen LogP contribution in [0.4, 0.5) is 5.13 Å². The quantitative estimate of drug-likeness (QED) is 0.809. The van der Waals surface area contributed by atoms with Crippen LogP contribution >= 0.6 is 11.5 Å². The summed E-state index contributed by atoms with van der Waals surface area (Å²) in [6, 6.07) is 1.13. The van der Waals surface area contributed by atoms with Crippen molar-refractivity contribution in [3.8, 4) is 0 Å². The molecule has 0 fully saturated rings. The standard InChI is InChI=1S/C7H13N4S.Y/c1-5(3-4-8)9-7-10-6(2)11-12-7;/h3-4,8H2,1-2H3,(H,9,10,11);/q-1;. The van der Waals surface area contributed by atoms with Gasteiger partial charge in [0.2, 0.25) is 0 Å². The van der Waals surface area contributed by atoms with Gasteiger partial charge in [-0.25, -0.2) is 11.0 Å². The summed E-state index contributed by atoms with van der Waals surface area (Å²) in [7, 11) is 0. The SMILES string of the molecule is Cc1nsc(N[C-](C)CCN)n1.[Y]. The molecule has 6 heteroatoms. The molecule has 0 atom stereocenters. The molecule has 13 heavy (non-hydrogen) atoms. The maximum atomic E-state index is 5.39. The van der Waals surface area contributed by atoms with E-state index in [1.54, 1.807) is 0 Å². The third kappa shape index (κ3) is 5.00. The van der Waals surface area contributed by atoms with E-state index in [1.807, 2.05) is 13.8 Å². The molecule has 1 radical (unpaired) electrons. The second kappa shape index (κ2) is 6.82. The number of nitrogens with two attached hydrogens (primary N) is 1. The monoisotopic (exact) mass is 274 g/mol. The maximum absolute atomic E-state index is 5.39. The third-order valence-electron chi connectivity index (χ3n) is 1.37. The third-order valence-corrected chi connectivity index (χ3v) is 2.09. The minimum absolute atomic E-state index is 0. The molecule has 71 valence electrons. The average Bonchev–Trinajstić information content (AvgIpc) is 2.36. The van der Waals surface area contributed by atoms with Crippen molar-refractivity contribution in [2.45, 2.75) is 20.3 Å². The van der Waals surface area contributed by atoms with Crippen molar-refractivity contribution in [2.75, 3.05) is 11.9 Å². The van der Waals surface area contributed by atoms with Gasteiger partial charge in [-0.1, -0.05) is 0 Å². The first kappa shape index (κ1) is 13.4. The summed E-state index contributed by atoms with van der Waals surface area (Å²) in [5.41, 5.74) is 5.39. The van der Waals surface area contributed by atoms with E-state index in [1.165, 1.54) is 11.5 Å². The van der Waals surface area contributed by atoms with E-state index in [9.17, 15) is 0 Å². The Bertz CT molecular complexity index is 240. The Morgan fingerprint density at radius 1 is 1.62 bits per heavy atom. The Morgan fingerprint density at radius 2 is 2.31 bits per heavy atom. The molecule has 0 aliphatic carbocycles. The molecule has 1 heterocycles. The zero-order valence-corrected chi connectivity index (χ0v) is 11.5. The molecule has 4 nitrogen and oxygen atoms in total. The predicted molar refractivity (Wildman–Crippen MR) is 50.9 cm³/mol. The number of aromatic nitrogens is 2.